The van der Waals surface area contributed by atoms with Crippen LogP contribution in [-0.2, 0) is 13.0 Å². The van der Waals surface area contributed by atoms with E-state index in [0.29, 0.717) is 36.8 Å². The van der Waals surface area contributed by atoms with Gasteiger partial charge in [0.15, 0.2) is 11.5 Å². The fourth-order valence-electron chi connectivity index (χ4n) is 3.05. The SMILES string of the molecule is C[C@H]1Cc2cc(CNC(=O)c3ccc4c(c3)OCCO4)ccc2O1. The Bertz CT molecular complexity index is 787. The van der Waals surface area contributed by atoms with Gasteiger partial charge in [-0.05, 0) is 42.3 Å². The first kappa shape index (κ1) is 14.9. The zero-order valence-electron chi connectivity index (χ0n) is 13.5. The molecule has 2 aromatic carbocycles. The zero-order valence-corrected chi connectivity index (χ0v) is 13.5. The minimum absolute atomic E-state index is 0.128. The third-order valence-electron chi connectivity index (χ3n) is 4.22. The van der Waals surface area contributed by atoms with Gasteiger partial charge in [-0.1, -0.05) is 12.1 Å². The maximum absolute atomic E-state index is 12.4. The van der Waals surface area contributed by atoms with E-state index < -0.39 is 0 Å². The van der Waals surface area contributed by atoms with E-state index in [9.17, 15) is 4.79 Å². The van der Waals surface area contributed by atoms with Crippen molar-refractivity contribution in [1.82, 2.24) is 5.32 Å². The summed E-state index contributed by atoms with van der Waals surface area (Å²) in [6.45, 7) is 3.59. The van der Waals surface area contributed by atoms with Gasteiger partial charge in [0.2, 0.25) is 0 Å². The smallest absolute Gasteiger partial charge is 0.251 e. The zero-order chi connectivity index (χ0) is 16.5. The van der Waals surface area contributed by atoms with Gasteiger partial charge in [-0.3, -0.25) is 4.79 Å². The lowest BCUT2D eigenvalue weighted by Gasteiger charge is -2.18. The Morgan fingerprint density at radius 1 is 1.08 bits per heavy atom. The second kappa shape index (κ2) is 6.07. The molecular formula is C19H19NO4. The van der Waals surface area contributed by atoms with E-state index in [2.05, 4.69) is 18.3 Å². The van der Waals surface area contributed by atoms with E-state index in [1.807, 2.05) is 12.1 Å². The molecule has 0 bridgehead atoms. The maximum atomic E-state index is 12.4. The van der Waals surface area contributed by atoms with Crippen LogP contribution in [-0.4, -0.2) is 25.2 Å². The largest absolute Gasteiger partial charge is 0.490 e. The van der Waals surface area contributed by atoms with E-state index >= 15 is 0 Å². The minimum atomic E-state index is -0.128. The molecule has 0 saturated carbocycles. The van der Waals surface area contributed by atoms with Crippen molar-refractivity contribution in [3.8, 4) is 17.2 Å². The highest BCUT2D eigenvalue weighted by atomic mass is 16.6. The van der Waals surface area contributed by atoms with Gasteiger partial charge >= 0.3 is 0 Å². The third-order valence-corrected chi connectivity index (χ3v) is 4.22. The highest BCUT2D eigenvalue weighted by Crippen LogP contribution is 2.31. The molecular weight excluding hydrogens is 306 g/mol. The lowest BCUT2D eigenvalue weighted by molar-refractivity contribution is 0.0949. The van der Waals surface area contributed by atoms with Gasteiger partial charge in [-0.2, -0.15) is 0 Å². The van der Waals surface area contributed by atoms with Crippen molar-refractivity contribution in [3.05, 3.63) is 53.1 Å². The van der Waals surface area contributed by atoms with Crippen molar-refractivity contribution < 1.29 is 19.0 Å². The Labute approximate surface area is 140 Å². The molecule has 2 aliphatic rings. The summed E-state index contributed by atoms with van der Waals surface area (Å²) in [5, 5.41) is 2.95. The molecule has 4 rings (SSSR count). The fraction of sp³-hybridized carbons (Fsp3) is 0.316. The first-order chi connectivity index (χ1) is 11.7. The lowest BCUT2D eigenvalue weighted by Crippen LogP contribution is -2.23. The normalized spacial score (nSPS) is 17.8. The number of hydrogen-bond donors (Lipinski definition) is 1. The third kappa shape index (κ3) is 2.89. The van der Waals surface area contributed by atoms with E-state index in [1.54, 1.807) is 18.2 Å². The number of rotatable bonds is 3. The monoisotopic (exact) mass is 325 g/mol. The van der Waals surface area contributed by atoms with Gasteiger partial charge in [0.05, 0.1) is 0 Å². The molecule has 1 amide bonds. The second-order valence-corrected chi connectivity index (χ2v) is 6.12. The summed E-state index contributed by atoms with van der Waals surface area (Å²) >= 11 is 0. The molecule has 124 valence electrons. The number of amides is 1. The van der Waals surface area contributed by atoms with Crippen LogP contribution in [0.3, 0.4) is 0 Å². The first-order valence-corrected chi connectivity index (χ1v) is 8.15. The van der Waals surface area contributed by atoms with Crippen LogP contribution in [0.1, 0.15) is 28.4 Å². The second-order valence-electron chi connectivity index (χ2n) is 6.12. The molecule has 0 spiro atoms. The Morgan fingerprint density at radius 2 is 1.88 bits per heavy atom. The van der Waals surface area contributed by atoms with Crippen molar-refractivity contribution in [1.29, 1.82) is 0 Å². The Kier molecular flexibility index (Phi) is 3.76. The van der Waals surface area contributed by atoms with Gasteiger partial charge in [-0.15, -0.1) is 0 Å². The van der Waals surface area contributed by atoms with Crippen LogP contribution >= 0.6 is 0 Å². The van der Waals surface area contributed by atoms with Crippen LogP contribution in [0, 0.1) is 0 Å². The van der Waals surface area contributed by atoms with E-state index in [0.717, 1.165) is 17.7 Å². The highest BCUT2D eigenvalue weighted by Gasteiger charge is 2.19. The van der Waals surface area contributed by atoms with Crippen LogP contribution in [0.5, 0.6) is 17.2 Å². The van der Waals surface area contributed by atoms with Crippen molar-refractivity contribution >= 4 is 5.91 Å². The van der Waals surface area contributed by atoms with E-state index in [4.69, 9.17) is 14.2 Å². The molecule has 2 aromatic rings. The fourth-order valence-corrected chi connectivity index (χ4v) is 3.05. The van der Waals surface area contributed by atoms with E-state index in [1.165, 1.54) is 5.56 Å². The topological polar surface area (TPSA) is 56.8 Å². The van der Waals surface area contributed by atoms with Crippen LogP contribution in [0.2, 0.25) is 0 Å². The summed E-state index contributed by atoms with van der Waals surface area (Å²) in [6.07, 6.45) is 1.14. The van der Waals surface area contributed by atoms with Crippen LogP contribution < -0.4 is 19.5 Å². The Hall–Kier alpha value is -2.69. The predicted molar refractivity (Wildman–Crippen MR) is 88.8 cm³/mol. The van der Waals surface area contributed by atoms with Gasteiger partial charge in [-0.25, -0.2) is 0 Å². The summed E-state index contributed by atoms with van der Waals surface area (Å²) in [6, 6.07) is 11.3. The van der Waals surface area contributed by atoms with Gasteiger partial charge in [0.25, 0.3) is 5.91 Å². The van der Waals surface area contributed by atoms with Crippen LogP contribution in [0.4, 0.5) is 0 Å². The number of hydrogen-bond acceptors (Lipinski definition) is 4. The summed E-state index contributed by atoms with van der Waals surface area (Å²) in [4.78, 5) is 12.4. The molecule has 2 aliphatic heterocycles. The molecule has 2 heterocycles. The molecule has 5 nitrogen and oxygen atoms in total. The number of carbonyl (C=O) groups excluding carboxylic acids is 1. The standard InChI is InChI=1S/C19H19NO4/c1-12-8-15-9-13(2-4-16(15)24-12)11-20-19(21)14-3-5-17-18(10-14)23-7-6-22-17/h2-5,9-10,12H,6-8,11H2,1H3,(H,20,21)/t12-/m0/s1. The summed E-state index contributed by atoms with van der Waals surface area (Å²) in [7, 11) is 0. The summed E-state index contributed by atoms with van der Waals surface area (Å²) in [5.41, 5.74) is 2.84. The molecule has 1 N–H and O–H groups in total. The summed E-state index contributed by atoms with van der Waals surface area (Å²) < 4.78 is 16.7. The lowest BCUT2D eigenvalue weighted by atomic mass is 10.1. The van der Waals surface area contributed by atoms with Crippen molar-refractivity contribution in [2.45, 2.75) is 26.0 Å². The number of ether oxygens (including phenoxy) is 3. The van der Waals surface area contributed by atoms with Crippen molar-refractivity contribution in [2.75, 3.05) is 13.2 Å². The Balaban J connectivity index is 1.43. The molecule has 0 radical (unpaired) electrons. The molecule has 1 atom stereocenters. The van der Waals surface area contributed by atoms with Gasteiger partial charge in [0, 0.05) is 18.5 Å². The first-order valence-electron chi connectivity index (χ1n) is 8.15. The number of nitrogens with one attached hydrogen (secondary N) is 1. The number of carbonyl (C=O) groups is 1. The van der Waals surface area contributed by atoms with Crippen LogP contribution in [0.25, 0.3) is 0 Å². The predicted octanol–water partition coefficient (Wildman–Crippen LogP) is 2.71. The van der Waals surface area contributed by atoms with Gasteiger partial charge in [0.1, 0.15) is 25.1 Å². The quantitative estimate of drug-likeness (QED) is 0.943. The summed E-state index contributed by atoms with van der Waals surface area (Å²) in [5.74, 6) is 2.13. The number of benzene rings is 2. The van der Waals surface area contributed by atoms with Crippen molar-refractivity contribution in [2.24, 2.45) is 0 Å². The van der Waals surface area contributed by atoms with Crippen LogP contribution in [0.15, 0.2) is 36.4 Å². The average Bonchev–Trinajstić information content (AvgIpc) is 2.98. The molecule has 0 unspecified atom stereocenters. The average molecular weight is 325 g/mol. The Morgan fingerprint density at radius 3 is 2.75 bits per heavy atom. The molecule has 0 fully saturated rings. The van der Waals surface area contributed by atoms with E-state index in [-0.39, 0.29) is 12.0 Å². The van der Waals surface area contributed by atoms with Crippen molar-refractivity contribution in [3.63, 3.8) is 0 Å². The molecule has 5 heteroatoms. The highest BCUT2D eigenvalue weighted by molar-refractivity contribution is 5.94. The maximum Gasteiger partial charge on any atom is 0.251 e. The molecule has 0 aliphatic carbocycles. The minimum Gasteiger partial charge on any atom is -0.490 e. The molecule has 0 aromatic heterocycles. The molecule has 0 saturated heterocycles. The van der Waals surface area contributed by atoms with Gasteiger partial charge < -0.3 is 19.5 Å². The number of fused-ring (bicyclic) bond motifs is 2. The molecule has 24 heavy (non-hydrogen) atoms.